The number of hydrogen-bond donors (Lipinski definition) is 1. The number of rotatable bonds is 8. The Bertz CT molecular complexity index is 202. The molecule has 0 saturated heterocycles. The van der Waals surface area contributed by atoms with Crippen molar-refractivity contribution in [3.63, 3.8) is 0 Å². The molecule has 0 amide bonds. The van der Waals surface area contributed by atoms with Crippen molar-refractivity contribution in [2.24, 2.45) is 17.8 Å². The summed E-state index contributed by atoms with van der Waals surface area (Å²) in [6.45, 7) is 6.02. The highest BCUT2D eigenvalue weighted by Gasteiger charge is 2.27. The molecule has 2 saturated carbocycles. The van der Waals surface area contributed by atoms with Crippen LogP contribution >= 0.6 is 0 Å². The molecule has 2 aliphatic carbocycles. The van der Waals surface area contributed by atoms with Gasteiger partial charge in [0.05, 0.1) is 0 Å². The maximum absolute atomic E-state index is 3.77. The molecule has 0 aliphatic heterocycles. The first-order chi connectivity index (χ1) is 8.25. The molecule has 0 aromatic heterocycles. The van der Waals surface area contributed by atoms with Gasteiger partial charge in [-0.05, 0) is 43.6 Å². The molecule has 0 spiro atoms. The summed E-state index contributed by atoms with van der Waals surface area (Å²) in [7, 11) is 0. The summed E-state index contributed by atoms with van der Waals surface area (Å²) in [6.07, 6.45) is 13.2. The maximum Gasteiger partial charge on any atom is 0.00683 e. The topological polar surface area (TPSA) is 12.0 Å². The van der Waals surface area contributed by atoms with Crippen LogP contribution in [0.15, 0.2) is 0 Å². The first-order valence-electron chi connectivity index (χ1n) is 7.99. The molecule has 0 radical (unpaired) electrons. The summed E-state index contributed by atoms with van der Waals surface area (Å²) in [5.41, 5.74) is 0. The van der Waals surface area contributed by atoms with Gasteiger partial charge in [-0.2, -0.15) is 0 Å². The summed E-state index contributed by atoms with van der Waals surface area (Å²) in [4.78, 5) is 0. The van der Waals surface area contributed by atoms with E-state index in [0.29, 0.717) is 0 Å². The van der Waals surface area contributed by atoms with Crippen LogP contribution in [0.2, 0.25) is 0 Å². The molecule has 0 bridgehead atoms. The van der Waals surface area contributed by atoms with E-state index in [1.165, 1.54) is 64.3 Å². The second kappa shape index (κ2) is 6.78. The zero-order valence-corrected chi connectivity index (χ0v) is 11.9. The summed E-state index contributed by atoms with van der Waals surface area (Å²) in [6, 6.07) is 0.893. The second-order valence-electron chi connectivity index (χ2n) is 6.81. The van der Waals surface area contributed by atoms with E-state index in [2.05, 4.69) is 19.2 Å². The first kappa shape index (κ1) is 13.4. The van der Waals surface area contributed by atoms with Crippen molar-refractivity contribution in [2.45, 2.75) is 77.7 Å². The highest BCUT2D eigenvalue weighted by atomic mass is 14.9. The molecule has 17 heavy (non-hydrogen) atoms. The van der Waals surface area contributed by atoms with Crippen molar-refractivity contribution in [3.05, 3.63) is 0 Å². The zero-order valence-electron chi connectivity index (χ0n) is 11.9. The highest BCUT2D eigenvalue weighted by Crippen LogP contribution is 2.34. The average Bonchev–Trinajstić information content (AvgIpc) is 2.95. The van der Waals surface area contributed by atoms with Crippen LogP contribution in [0.4, 0.5) is 0 Å². The molecule has 100 valence electrons. The van der Waals surface area contributed by atoms with E-state index in [9.17, 15) is 0 Å². The Balaban J connectivity index is 1.69. The van der Waals surface area contributed by atoms with E-state index in [-0.39, 0.29) is 0 Å². The molecule has 2 rings (SSSR count). The van der Waals surface area contributed by atoms with Crippen LogP contribution in [0.3, 0.4) is 0 Å². The smallest absolute Gasteiger partial charge is 0.00683 e. The first-order valence-corrected chi connectivity index (χ1v) is 7.99. The van der Waals surface area contributed by atoms with Crippen LogP contribution in [-0.2, 0) is 0 Å². The molecule has 1 heteroatoms. The quantitative estimate of drug-likeness (QED) is 0.661. The van der Waals surface area contributed by atoms with Gasteiger partial charge in [0, 0.05) is 6.04 Å². The fourth-order valence-corrected chi connectivity index (χ4v) is 3.33. The van der Waals surface area contributed by atoms with Crippen LogP contribution in [0.1, 0.15) is 71.6 Å². The van der Waals surface area contributed by atoms with Crippen molar-refractivity contribution in [1.82, 2.24) is 5.32 Å². The van der Waals surface area contributed by atoms with Crippen molar-refractivity contribution < 1.29 is 0 Å². The standard InChI is InChI=1S/C16H31N/c1-13(2)6-5-9-15(12-17-16-10-11-16)14-7-3-4-8-14/h13-17H,3-12H2,1-2H3. The molecular formula is C16H31N. The predicted octanol–water partition coefficient (Wildman–Crippen LogP) is 4.37. The lowest BCUT2D eigenvalue weighted by atomic mass is 9.85. The minimum absolute atomic E-state index is 0.885. The van der Waals surface area contributed by atoms with Crippen molar-refractivity contribution in [1.29, 1.82) is 0 Å². The molecule has 0 aromatic rings. The van der Waals surface area contributed by atoms with Crippen molar-refractivity contribution >= 4 is 0 Å². The van der Waals surface area contributed by atoms with Crippen LogP contribution in [0.25, 0.3) is 0 Å². The predicted molar refractivity (Wildman–Crippen MR) is 75.2 cm³/mol. The molecule has 0 aromatic carbocycles. The zero-order chi connectivity index (χ0) is 12.1. The molecule has 1 N–H and O–H groups in total. The van der Waals surface area contributed by atoms with E-state index in [4.69, 9.17) is 0 Å². The summed E-state index contributed by atoms with van der Waals surface area (Å²) >= 11 is 0. The third-order valence-electron chi connectivity index (χ3n) is 4.67. The lowest BCUT2D eigenvalue weighted by Gasteiger charge is -2.24. The molecular weight excluding hydrogens is 206 g/mol. The number of hydrogen-bond acceptors (Lipinski definition) is 1. The van der Waals surface area contributed by atoms with Crippen molar-refractivity contribution in [3.8, 4) is 0 Å². The molecule has 2 fully saturated rings. The third-order valence-corrected chi connectivity index (χ3v) is 4.67. The Labute approximate surface area is 108 Å². The Morgan fingerprint density at radius 3 is 2.29 bits per heavy atom. The normalized spacial score (nSPS) is 23.5. The Morgan fingerprint density at radius 2 is 1.71 bits per heavy atom. The molecule has 1 nitrogen and oxygen atoms in total. The van der Waals surface area contributed by atoms with E-state index >= 15 is 0 Å². The van der Waals surface area contributed by atoms with Gasteiger partial charge < -0.3 is 5.32 Å². The minimum atomic E-state index is 0.885. The van der Waals surface area contributed by atoms with Gasteiger partial charge in [-0.3, -0.25) is 0 Å². The Morgan fingerprint density at radius 1 is 1.00 bits per heavy atom. The highest BCUT2D eigenvalue weighted by molar-refractivity contribution is 4.84. The fraction of sp³-hybridized carbons (Fsp3) is 1.00. The molecule has 1 atom stereocenters. The SMILES string of the molecule is CC(C)CCCC(CNC1CC1)C1CCCC1. The molecule has 0 heterocycles. The van der Waals surface area contributed by atoms with Gasteiger partial charge in [0.15, 0.2) is 0 Å². The van der Waals surface area contributed by atoms with Crippen LogP contribution in [-0.4, -0.2) is 12.6 Å². The summed E-state index contributed by atoms with van der Waals surface area (Å²) in [5.74, 6) is 2.92. The van der Waals surface area contributed by atoms with Crippen LogP contribution in [0, 0.1) is 17.8 Å². The lowest BCUT2D eigenvalue weighted by molar-refractivity contribution is 0.290. The van der Waals surface area contributed by atoms with E-state index in [1.807, 2.05) is 0 Å². The van der Waals surface area contributed by atoms with Gasteiger partial charge in [0.25, 0.3) is 0 Å². The van der Waals surface area contributed by atoms with E-state index < -0.39 is 0 Å². The maximum atomic E-state index is 3.77. The summed E-state index contributed by atoms with van der Waals surface area (Å²) < 4.78 is 0. The second-order valence-corrected chi connectivity index (χ2v) is 6.81. The third kappa shape index (κ3) is 4.99. The summed E-state index contributed by atoms with van der Waals surface area (Å²) in [5, 5.41) is 3.77. The van der Waals surface area contributed by atoms with Gasteiger partial charge in [-0.25, -0.2) is 0 Å². The molecule has 1 unspecified atom stereocenters. The fourth-order valence-electron chi connectivity index (χ4n) is 3.33. The van der Waals surface area contributed by atoms with E-state index in [0.717, 1.165) is 23.8 Å². The average molecular weight is 237 g/mol. The largest absolute Gasteiger partial charge is 0.314 e. The lowest BCUT2D eigenvalue weighted by Crippen LogP contribution is -2.29. The monoisotopic (exact) mass is 237 g/mol. The Hall–Kier alpha value is -0.0400. The van der Waals surface area contributed by atoms with Crippen LogP contribution in [0.5, 0.6) is 0 Å². The van der Waals surface area contributed by atoms with Gasteiger partial charge in [0.1, 0.15) is 0 Å². The van der Waals surface area contributed by atoms with Crippen molar-refractivity contribution in [2.75, 3.05) is 6.54 Å². The number of nitrogens with one attached hydrogen (secondary N) is 1. The van der Waals surface area contributed by atoms with Gasteiger partial charge in [0.2, 0.25) is 0 Å². The minimum Gasteiger partial charge on any atom is -0.314 e. The van der Waals surface area contributed by atoms with Gasteiger partial charge in [-0.1, -0.05) is 52.4 Å². The van der Waals surface area contributed by atoms with Gasteiger partial charge in [-0.15, -0.1) is 0 Å². The van der Waals surface area contributed by atoms with Crippen LogP contribution < -0.4 is 5.32 Å². The van der Waals surface area contributed by atoms with Gasteiger partial charge >= 0.3 is 0 Å². The Kier molecular flexibility index (Phi) is 5.34. The van der Waals surface area contributed by atoms with E-state index in [1.54, 1.807) is 0 Å². The molecule has 2 aliphatic rings.